The van der Waals surface area contributed by atoms with Crippen LogP contribution in [-0.4, -0.2) is 29.0 Å². The highest BCUT2D eigenvalue weighted by molar-refractivity contribution is 6.13. The van der Waals surface area contributed by atoms with Crippen LogP contribution in [-0.2, 0) is 0 Å². The summed E-state index contributed by atoms with van der Waals surface area (Å²) in [5, 5.41) is 8.20. The van der Waals surface area contributed by atoms with E-state index in [-0.39, 0.29) is 0 Å². The lowest BCUT2D eigenvalue weighted by Crippen LogP contribution is -2.09. The fourth-order valence-electron chi connectivity index (χ4n) is 3.09. The Balaban J connectivity index is 1.77. The van der Waals surface area contributed by atoms with Crippen LogP contribution in [0.15, 0.2) is 84.0 Å². The molecule has 0 saturated carbocycles. The molecule has 4 heteroatoms. The Morgan fingerprint density at radius 1 is 0.885 bits per heavy atom. The van der Waals surface area contributed by atoms with E-state index >= 15 is 0 Å². The molecule has 0 aliphatic rings. The number of nitrogens with zero attached hydrogens (tertiary/aromatic N) is 2. The van der Waals surface area contributed by atoms with Crippen LogP contribution in [0.2, 0.25) is 0 Å². The van der Waals surface area contributed by atoms with Gasteiger partial charge in [-0.05, 0) is 29.3 Å². The number of rotatable bonds is 5. The summed E-state index contributed by atoms with van der Waals surface area (Å²) in [6, 6.07) is 25.0. The normalized spacial score (nSPS) is 11.8. The fraction of sp³-hybridized carbons (Fsp3) is 0.0909. The average molecular weight is 340 g/mol. The van der Waals surface area contributed by atoms with Gasteiger partial charge in [0.25, 0.3) is 0 Å². The summed E-state index contributed by atoms with van der Waals surface area (Å²) in [5.74, 6) is 0. The van der Waals surface area contributed by atoms with Crippen molar-refractivity contribution in [2.45, 2.75) is 0 Å². The second-order valence-corrected chi connectivity index (χ2v) is 6.14. The molecule has 0 aliphatic carbocycles. The minimum atomic E-state index is 0.535. The molecule has 0 saturated heterocycles. The molecule has 0 unspecified atom stereocenters. The van der Waals surface area contributed by atoms with Gasteiger partial charge in [0.1, 0.15) is 0 Å². The van der Waals surface area contributed by atoms with Crippen LogP contribution >= 0.6 is 0 Å². The third-order valence-electron chi connectivity index (χ3n) is 4.36. The Morgan fingerprint density at radius 2 is 1.69 bits per heavy atom. The van der Waals surface area contributed by atoms with Gasteiger partial charge in [0, 0.05) is 23.1 Å². The van der Waals surface area contributed by atoms with Crippen molar-refractivity contribution in [1.82, 2.24) is 10.2 Å². The fourth-order valence-corrected chi connectivity index (χ4v) is 3.09. The zero-order chi connectivity index (χ0) is 17.8. The molecule has 1 aromatic heterocycles. The van der Waals surface area contributed by atoms with E-state index in [1.165, 1.54) is 0 Å². The Morgan fingerprint density at radius 3 is 2.54 bits per heavy atom. The Kier molecular flexibility index (Phi) is 4.58. The predicted molar refractivity (Wildman–Crippen MR) is 108 cm³/mol. The molecule has 3 aromatic carbocycles. The van der Waals surface area contributed by atoms with Gasteiger partial charge in [-0.3, -0.25) is 10.1 Å². The number of benzene rings is 3. The number of nitrogens with two attached hydrogens (primary N) is 1. The molecular weight excluding hydrogens is 320 g/mol. The summed E-state index contributed by atoms with van der Waals surface area (Å²) in [4.78, 5) is 4.74. The van der Waals surface area contributed by atoms with Gasteiger partial charge in [0.2, 0.25) is 0 Å². The Hall–Kier alpha value is -3.24. The van der Waals surface area contributed by atoms with Gasteiger partial charge in [-0.1, -0.05) is 54.6 Å². The average Bonchev–Trinajstić information content (AvgIpc) is 3.17. The Bertz CT molecular complexity index is 1050. The van der Waals surface area contributed by atoms with Crippen LogP contribution in [0.5, 0.6) is 0 Å². The summed E-state index contributed by atoms with van der Waals surface area (Å²) < 4.78 is 0. The second-order valence-electron chi connectivity index (χ2n) is 6.14. The first kappa shape index (κ1) is 16.2. The van der Waals surface area contributed by atoms with Gasteiger partial charge in [-0.25, -0.2) is 0 Å². The standard InChI is InChI=1S/C22H20N4/c23-11-12-24-22(16-5-2-1-3-6-16)19-8-4-7-17(13-19)18-9-10-21-20(14-18)15-25-26-21/h1-10,13-15H,11-12,23H2,(H,25,26). The lowest BCUT2D eigenvalue weighted by atomic mass is 9.97. The van der Waals surface area contributed by atoms with Crippen molar-refractivity contribution in [3.05, 3.63) is 90.1 Å². The number of hydrogen-bond acceptors (Lipinski definition) is 3. The molecule has 4 aromatic rings. The smallest absolute Gasteiger partial charge is 0.0719 e. The van der Waals surface area contributed by atoms with Crippen molar-refractivity contribution in [2.75, 3.05) is 13.1 Å². The van der Waals surface area contributed by atoms with E-state index in [0.29, 0.717) is 13.1 Å². The quantitative estimate of drug-likeness (QED) is 0.539. The number of aromatic nitrogens is 2. The van der Waals surface area contributed by atoms with Gasteiger partial charge in [0.05, 0.1) is 24.0 Å². The molecule has 26 heavy (non-hydrogen) atoms. The molecule has 0 amide bonds. The molecule has 0 bridgehead atoms. The van der Waals surface area contributed by atoms with Crippen LogP contribution in [0.25, 0.3) is 22.0 Å². The van der Waals surface area contributed by atoms with E-state index in [9.17, 15) is 0 Å². The third-order valence-corrected chi connectivity index (χ3v) is 4.36. The predicted octanol–water partition coefficient (Wildman–Crippen LogP) is 4.03. The molecule has 0 radical (unpaired) electrons. The maximum absolute atomic E-state index is 5.68. The molecule has 4 rings (SSSR count). The van der Waals surface area contributed by atoms with E-state index in [4.69, 9.17) is 10.7 Å². The first-order valence-electron chi connectivity index (χ1n) is 8.69. The summed E-state index contributed by atoms with van der Waals surface area (Å²) in [5.41, 5.74) is 12.2. The molecule has 0 fully saturated rings. The minimum Gasteiger partial charge on any atom is -0.329 e. The molecule has 0 spiro atoms. The van der Waals surface area contributed by atoms with Crippen molar-refractivity contribution < 1.29 is 0 Å². The zero-order valence-electron chi connectivity index (χ0n) is 14.4. The van der Waals surface area contributed by atoms with Crippen LogP contribution in [0.1, 0.15) is 11.1 Å². The SMILES string of the molecule is NCCN=C(c1ccccc1)c1cccc(-c2ccc3[nH]ncc3c2)c1. The number of aromatic amines is 1. The summed E-state index contributed by atoms with van der Waals surface area (Å²) >= 11 is 0. The number of aliphatic imine (C=N–C) groups is 1. The number of H-pyrrole nitrogens is 1. The largest absolute Gasteiger partial charge is 0.329 e. The summed E-state index contributed by atoms with van der Waals surface area (Å²) in [6.45, 7) is 1.14. The van der Waals surface area contributed by atoms with Crippen LogP contribution < -0.4 is 5.73 Å². The lowest BCUT2D eigenvalue weighted by molar-refractivity contribution is 0.976. The van der Waals surface area contributed by atoms with Gasteiger partial charge in [-0.15, -0.1) is 0 Å². The first-order chi connectivity index (χ1) is 12.8. The monoisotopic (exact) mass is 340 g/mol. The van der Waals surface area contributed by atoms with E-state index < -0.39 is 0 Å². The van der Waals surface area contributed by atoms with Crippen molar-refractivity contribution in [2.24, 2.45) is 10.7 Å². The Labute approximate surface area is 152 Å². The maximum Gasteiger partial charge on any atom is 0.0719 e. The molecule has 4 nitrogen and oxygen atoms in total. The number of fused-ring (bicyclic) bond motifs is 1. The second kappa shape index (κ2) is 7.33. The van der Waals surface area contributed by atoms with E-state index in [1.54, 1.807) is 0 Å². The molecule has 3 N–H and O–H groups in total. The van der Waals surface area contributed by atoms with E-state index in [0.717, 1.165) is 38.9 Å². The summed E-state index contributed by atoms with van der Waals surface area (Å²) in [7, 11) is 0. The van der Waals surface area contributed by atoms with Gasteiger partial charge in [0.15, 0.2) is 0 Å². The zero-order valence-corrected chi connectivity index (χ0v) is 14.4. The summed E-state index contributed by atoms with van der Waals surface area (Å²) in [6.07, 6.45) is 1.85. The number of hydrogen-bond donors (Lipinski definition) is 2. The van der Waals surface area contributed by atoms with Gasteiger partial charge < -0.3 is 5.73 Å². The van der Waals surface area contributed by atoms with E-state index in [1.807, 2.05) is 24.4 Å². The van der Waals surface area contributed by atoms with Crippen LogP contribution in [0.3, 0.4) is 0 Å². The lowest BCUT2D eigenvalue weighted by Gasteiger charge is -2.10. The highest BCUT2D eigenvalue weighted by Gasteiger charge is 2.09. The first-order valence-corrected chi connectivity index (χ1v) is 8.69. The topological polar surface area (TPSA) is 67.1 Å². The van der Waals surface area contributed by atoms with Crippen LogP contribution in [0.4, 0.5) is 0 Å². The molecule has 1 heterocycles. The van der Waals surface area contributed by atoms with Crippen molar-refractivity contribution in [3.8, 4) is 11.1 Å². The van der Waals surface area contributed by atoms with E-state index in [2.05, 4.69) is 64.8 Å². The minimum absolute atomic E-state index is 0.535. The van der Waals surface area contributed by atoms with Crippen molar-refractivity contribution in [1.29, 1.82) is 0 Å². The van der Waals surface area contributed by atoms with Crippen molar-refractivity contribution in [3.63, 3.8) is 0 Å². The molecule has 0 atom stereocenters. The third kappa shape index (κ3) is 3.27. The maximum atomic E-state index is 5.68. The highest BCUT2D eigenvalue weighted by atomic mass is 15.1. The molecule has 0 aliphatic heterocycles. The number of nitrogens with one attached hydrogen (secondary N) is 1. The highest BCUT2D eigenvalue weighted by Crippen LogP contribution is 2.25. The van der Waals surface area contributed by atoms with Crippen LogP contribution in [0, 0.1) is 0 Å². The molecule has 128 valence electrons. The van der Waals surface area contributed by atoms with Crippen molar-refractivity contribution >= 4 is 16.6 Å². The van der Waals surface area contributed by atoms with Gasteiger partial charge >= 0.3 is 0 Å². The molecular formula is C22H20N4. The van der Waals surface area contributed by atoms with Gasteiger partial charge in [-0.2, -0.15) is 5.10 Å².